The van der Waals surface area contributed by atoms with E-state index in [9.17, 15) is 4.79 Å². The average Bonchev–Trinajstić information content (AvgIpc) is 2.72. The third kappa shape index (κ3) is 3.95. The average molecular weight is 319 g/mol. The van der Waals surface area contributed by atoms with E-state index in [1.54, 1.807) is 4.90 Å². The van der Waals surface area contributed by atoms with Gasteiger partial charge < -0.3 is 0 Å². The lowest BCUT2D eigenvalue weighted by Crippen LogP contribution is -2.28. The van der Waals surface area contributed by atoms with Crippen molar-refractivity contribution < 1.29 is 4.79 Å². The van der Waals surface area contributed by atoms with E-state index in [1.165, 1.54) is 17.3 Å². The van der Waals surface area contributed by atoms with Crippen LogP contribution in [0.15, 0.2) is 29.2 Å². The standard InChI is InChI=1S/C17H21NOS2/c1-4-5-10-18-16(19)15(21-17(18)20)11-13-6-8-14(9-7-13)12(2)3/h6-9,11-12H,4-5,10H2,1-3H3/b15-11+. The highest BCUT2D eigenvalue weighted by atomic mass is 32.2. The minimum absolute atomic E-state index is 0.0476. The molecule has 1 saturated heterocycles. The van der Waals surface area contributed by atoms with Crippen LogP contribution in [0.1, 0.15) is 50.7 Å². The van der Waals surface area contributed by atoms with Crippen molar-refractivity contribution in [3.63, 3.8) is 0 Å². The lowest BCUT2D eigenvalue weighted by molar-refractivity contribution is -0.122. The van der Waals surface area contributed by atoms with Crippen LogP contribution in [-0.4, -0.2) is 21.7 Å². The maximum absolute atomic E-state index is 12.4. The molecule has 0 radical (unpaired) electrons. The van der Waals surface area contributed by atoms with Gasteiger partial charge in [0.05, 0.1) is 4.91 Å². The molecule has 1 aromatic carbocycles. The van der Waals surface area contributed by atoms with Gasteiger partial charge in [0.1, 0.15) is 4.32 Å². The van der Waals surface area contributed by atoms with Gasteiger partial charge in [-0.2, -0.15) is 0 Å². The molecule has 0 bridgehead atoms. The third-order valence-electron chi connectivity index (χ3n) is 3.51. The summed E-state index contributed by atoms with van der Waals surface area (Å²) >= 11 is 6.71. The molecule has 1 aliphatic heterocycles. The molecule has 1 fully saturated rings. The summed E-state index contributed by atoms with van der Waals surface area (Å²) in [5.41, 5.74) is 2.36. The summed E-state index contributed by atoms with van der Waals surface area (Å²) in [4.78, 5) is 14.8. The lowest BCUT2D eigenvalue weighted by atomic mass is 10.0. The minimum Gasteiger partial charge on any atom is -0.293 e. The van der Waals surface area contributed by atoms with E-state index in [-0.39, 0.29) is 5.91 Å². The summed E-state index contributed by atoms with van der Waals surface area (Å²) in [6, 6.07) is 8.37. The van der Waals surface area contributed by atoms with Gasteiger partial charge in [0, 0.05) is 6.54 Å². The Morgan fingerprint density at radius 2 is 1.95 bits per heavy atom. The Morgan fingerprint density at radius 1 is 1.29 bits per heavy atom. The first kappa shape index (κ1) is 16.2. The Bertz CT molecular complexity index is 561. The second kappa shape index (κ2) is 7.23. The number of hydrogen-bond acceptors (Lipinski definition) is 3. The quantitative estimate of drug-likeness (QED) is 0.574. The number of rotatable bonds is 5. The fourth-order valence-corrected chi connectivity index (χ4v) is 3.45. The third-order valence-corrected chi connectivity index (χ3v) is 4.89. The molecule has 112 valence electrons. The summed E-state index contributed by atoms with van der Waals surface area (Å²) in [7, 11) is 0. The fourth-order valence-electron chi connectivity index (χ4n) is 2.14. The molecule has 4 heteroatoms. The van der Waals surface area contributed by atoms with Gasteiger partial charge in [-0.25, -0.2) is 0 Å². The molecular formula is C17H21NOS2. The number of benzene rings is 1. The molecule has 0 aromatic heterocycles. The second-order valence-corrected chi connectivity index (χ2v) is 7.18. The van der Waals surface area contributed by atoms with Crippen LogP contribution in [0.2, 0.25) is 0 Å². The number of carbonyl (C=O) groups is 1. The molecule has 0 saturated carbocycles. The normalized spacial score (nSPS) is 17.3. The van der Waals surface area contributed by atoms with Crippen LogP contribution in [0, 0.1) is 0 Å². The largest absolute Gasteiger partial charge is 0.293 e. The van der Waals surface area contributed by atoms with E-state index in [4.69, 9.17) is 12.2 Å². The fraction of sp³-hybridized carbons (Fsp3) is 0.412. The number of thioether (sulfide) groups is 1. The SMILES string of the molecule is CCCCN1C(=O)/C(=C\c2ccc(C(C)C)cc2)SC1=S. The highest BCUT2D eigenvalue weighted by Crippen LogP contribution is 2.32. The lowest BCUT2D eigenvalue weighted by Gasteiger charge is -2.13. The Hall–Kier alpha value is -1.13. The van der Waals surface area contributed by atoms with E-state index in [0.29, 0.717) is 10.2 Å². The summed E-state index contributed by atoms with van der Waals surface area (Å²) in [5, 5.41) is 0. The Kier molecular flexibility index (Phi) is 5.59. The highest BCUT2D eigenvalue weighted by molar-refractivity contribution is 8.26. The second-order valence-electron chi connectivity index (χ2n) is 5.51. The maximum atomic E-state index is 12.4. The minimum atomic E-state index is 0.0476. The maximum Gasteiger partial charge on any atom is 0.266 e. The predicted octanol–water partition coefficient (Wildman–Crippen LogP) is 4.81. The van der Waals surface area contributed by atoms with E-state index < -0.39 is 0 Å². The summed E-state index contributed by atoms with van der Waals surface area (Å²) in [6.45, 7) is 7.19. The van der Waals surface area contributed by atoms with Gasteiger partial charge >= 0.3 is 0 Å². The van der Waals surface area contributed by atoms with Crippen molar-refractivity contribution in [2.24, 2.45) is 0 Å². The van der Waals surface area contributed by atoms with Crippen LogP contribution in [0.3, 0.4) is 0 Å². The summed E-state index contributed by atoms with van der Waals surface area (Å²) in [5.74, 6) is 0.567. The van der Waals surface area contributed by atoms with Crippen molar-refractivity contribution in [3.05, 3.63) is 40.3 Å². The number of hydrogen-bond donors (Lipinski definition) is 0. The Labute approximate surface area is 136 Å². The number of amides is 1. The van der Waals surface area contributed by atoms with Crippen LogP contribution >= 0.6 is 24.0 Å². The molecule has 0 unspecified atom stereocenters. The van der Waals surface area contributed by atoms with Crippen molar-refractivity contribution in [1.82, 2.24) is 4.90 Å². The van der Waals surface area contributed by atoms with E-state index in [1.807, 2.05) is 6.08 Å². The number of nitrogens with zero attached hydrogens (tertiary/aromatic N) is 1. The number of unbranched alkanes of at least 4 members (excludes halogenated alkanes) is 1. The molecule has 0 atom stereocenters. The van der Waals surface area contributed by atoms with Gasteiger partial charge in [-0.05, 0) is 29.5 Å². The van der Waals surface area contributed by atoms with Gasteiger partial charge in [0.15, 0.2) is 0 Å². The van der Waals surface area contributed by atoms with Crippen molar-refractivity contribution in [1.29, 1.82) is 0 Å². The van der Waals surface area contributed by atoms with Gasteiger partial charge in [-0.15, -0.1) is 0 Å². The van der Waals surface area contributed by atoms with Crippen LogP contribution in [0.4, 0.5) is 0 Å². The van der Waals surface area contributed by atoms with Crippen LogP contribution < -0.4 is 0 Å². The summed E-state index contributed by atoms with van der Waals surface area (Å²) in [6.07, 6.45) is 3.99. The van der Waals surface area contributed by atoms with Gasteiger partial charge in [0.25, 0.3) is 5.91 Å². The number of carbonyl (C=O) groups excluding carboxylic acids is 1. The topological polar surface area (TPSA) is 20.3 Å². The molecule has 1 heterocycles. The van der Waals surface area contributed by atoms with Crippen LogP contribution in [-0.2, 0) is 4.79 Å². The molecule has 1 aromatic rings. The van der Waals surface area contributed by atoms with Crippen molar-refractivity contribution >= 4 is 40.3 Å². The van der Waals surface area contributed by atoms with Gasteiger partial charge in [-0.1, -0.05) is 75.4 Å². The molecule has 0 aliphatic carbocycles. The van der Waals surface area contributed by atoms with Crippen LogP contribution in [0.5, 0.6) is 0 Å². The smallest absolute Gasteiger partial charge is 0.266 e. The van der Waals surface area contributed by atoms with Gasteiger partial charge in [-0.3, -0.25) is 9.69 Å². The van der Waals surface area contributed by atoms with Gasteiger partial charge in [0.2, 0.25) is 0 Å². The molecule has 2 nitrogen and oxygen atoms in total. The molecule has 1 aliphatic rings. The zero-order valence-corrected chi connectivity index (χ0v) is 14.4. The summed E-state index contributed by atoms with van der Waals surface area (Å²) < 4.78 is 0.679. The van der Waals surface area contributed by atoms with Crippen molar-refractivity contribution in [2.75, 3.05) is 6.54 Å². The highest BCUT2D eigenvalue weighted by Gasteiger charge is 2.31. The predicted molar refractivity (Wildman–Crippen MR) is 95.3 cm³/mol. The Balaban J connectivity index is 2.14. The molecule has 0 spiro atoms. The van der Waals surface area contributed by atoms with E-state index >= 15 is 0 Å². The van der Waals surface area contributed by atoms with Crippen molar-refractivity contribution in [3.8, 4) is 0 Å². The molecule has 21 heavy (non-hydrogen) atoms. The molecule has 0 N–H and O–H groups in total. The molecule has 1 amide bonds. The monoisotopic (exact) mass is 319 g/mol. The van der Waals surface area contributed by atoms with E-state index in [0.717, 1.165) is 29.9 Å². The van der Waals surface area contributed by atoms with Crippen molar-refractivity contribution in [2.45, 2.75) is 39.5 Å². The molecular weight excluding hydrogens is 298 g/mol. The molecule has 2 rings (SSSR count). The zero-order chi connectivity index (χ0) is 15.4. The first-order chi connectivity index (χ1) is 10.0. The Morgan fingerprint density at radius 3 is 2.52 bits per heavy atom. The van der Waals surface area contributed by atoms with Crippen LogP contribution in [0.25, 0.3) is 6.08 Å². The zero-order valence-electron chi connectivity index (χ0n) is 12.8. The number of thiocarbonyl (C=S) groups is 1. The first-order valence-corrected chi connectivity index (χ1v) is 8.60. The first-order valence-electron chi connectivity index (χ1n) is 7.38. The van der Waals surface area contributed by atoms with E-state index in [2.05, 4.69) is 45.0 Å².